The SMILES string of the molecule is COCC(=O)NC(C1=Cc2cccnc2C(=C2CCN(C(=O)OC3CCOC3)CC2)c2ccc(Cl)cc21)c1cncn1C. The maximum Gasteiger partial charge on any atom is 0.410 e. The fraction of sp³-hybridized carbons (Fsp3) is 0.375. The van der Waals surface area contributed by atoms with Crippen LogP contribution in [0.3, 0.4) is 0 Å². The number of aromatic nitrogens is 3. The highest BCUT2D eigenvalue weighted by molar-refractivity contribution is 6.31. The van der Waals surface area contributed by atoms with Crippen LogP contribution in [0.2, 0.25) is 5.02 Å². The van der Waals surface area contributed by atoms with Crippen molar-refractivity contribution in [3.8, 4) is 0 Å². The fourth-order valence-corrected chi connectivity index (χ4v) is 6.18. The second kappa shape index (κ2) is 12.7. The summed E-state index contributed by atoms with van der Waals surface area (Å²) in [7, 11) is 3.39. The molecular formula is C32H34ClN5O5. The molecule has 0 radical (unpaired) electrons. The lowest BCUT2D eigenvalue weighted by Crippen LogP contribution is -2.39. The maximum atomic E-state index is 12.9. The highest BCUT2D eigenvalue weighted by Crippen LogP contribution is 2.44. The number of aryl methyl sites for hydroxylation is 1. The molecule has 1 aromatic carbocycles. The van der Waals surface area contributed by atoms with Crippen LogP contribution < -0.4 is 5.32 Å². The van der Waals surface area contributed by atoms with Crippen molar-refractivity contribution in [2.75, 3.05) is 40.0 Å². The molecule has 10 nitrogen and oxygen atoms in total. The Morgan fingerprint density at radius 1 is 1.21 bits per heavy atom. The van der Waals surface area contributed by atoms with E-state index in [1.54, 1.807) is 23.6 Å². The van der Waals surface area contributed by atoms with E-state index in [1.807, 2.05) is 41.9 Å². The van der Waals surface area contributed by atoms with Crippen LogP contribution in [-0.4, -0.2) is 77.6 Å². The number of fused-ring (bicyclic) bond motifs is 2. The lowest BCUT2D eigenvalue weighted by molar-refractivity contribution is -0.125. The molecule has 2 aliphatic heterocycles. The highest BCUT2D eigenvalue weighted by atomic mass is 35.5. The fourth-order valence-electron chi connectivity index (χ4n) is 6.01. The predicted molar refractivity (Wildman–Crippen MR) is 162 cm³/mol. The van der Waals surface area contributed by atoms with Crippen LogP contribution in [0.5, 0.6) is 0 Å². The summed E-state index contributed by atoms with van der Waals surface area (Å²) < 4.78 is 18.1. The summed E-state index contributed by atoms with van der Waals surface area (Å²) in [5.74, 6) is -0.254. The minimum Gasteiger partial charge on any atom is -0.444 e. The van der Waals surface area contributed by atoms with Crippen LogP contribution in [-0.2, 0) is 26.1 Å². The predicted octanol–water partition coefficient (Wildman–Crippen LogP) is 4.65. The first-order chi connectivity index (χ1) is 20.9. The number of nitrogens with zero attached hydrogens (tertiary/aromatic N) is 4. The van der Waals surface area contributed by atoms with Crippen LogP contribution in [0.25, 0.3) is 17.2 Å². The first-order valence-corrected chi connectivity index (χ1v) is 14.8. The lowest BCUT2D eigenvalue weighted by atomic mass is 9.86. The number of carbonyl (C=O) groups excluding carboxylic acids is 2. The number of amides is 2. The third-order valence-electron chi connectivity index (χ3n) is 8.12. The molecular weight excluding hydrogens is 570 g/mol. The molecule has 43 heavy (non-hydrogen) atoms. The summed E-state index contributed by atoms with van der Waals surface area (Å²) in [4.78, 5) is 36.8. The third-order valence-corrected chi connectivity index (χ3v) is 8.36. The molecule has 6 rings (SSSR count). The van der Waals surface area contributed by atoms with Crippen LogP contribution in [0, 0.1) is 0 Å². The molecule has 2 unspecified atom stereocenters. The van der Waals surface area contributed by atoms with Crippen molar-refractivity contribution < 1.29 is 23.8 Å². The molecule has 3 aliphatic rings. The zero-order valence-corrected chi connectivity index (χ0v) is 25.0. The van der Waals surface area contributed by atoms with Crippen molar-refractivity contribution in [3.63, 3.8) is 0 Å². The second-order valence-corrected chi connectivity index (χ2v) is 11.4. The number of carbonyl (C=O) groups is 2. The summed E-state index contributed by atoms with van der Waals surface area (Å²) in [6, 6.07) is 9.24. The summed E-state index contributed by atoms with van der Waals surface area (Å²) in [6.45, 7) is 2.09. The number of hydrogen-bond acceptors (Lipinski definition) is 7. The number of halogens is 1. The number of methoxy groups -OCH3 is 1. The Kier molecular flexibility index (Phi) is 8.60. The summed E-state index contributed by atoms with van der Waals surface area (Å²) in [5, 5.41) is 3.73. The van der Waals surface area contributed by atoms with Gasteiger partial charge in [-0.15, -0.1) is 0 Å². The van der Waals surface area contributed by atoms with E-state index in [9.17, 15) is 9.59 Å². The van der Waals surface area contributed by atoms with Gasteiger partial charge in [-0.1, -0.05) is 29.3 Å². The molecule has 3 aromatic rings. The monoisotopic (exact) mass is 603 g/mol. The first-order valence-electron chi connectivity index (χ1n) is 14.4. The quantitative estimate of drug-likeness (QED) is 0.437. The van der Waals surface area contributed by atoms with Crippen molar-refractivity contribution in [3.05, 3.63) is 87.7 Å². The normalized spacial score (nSPS) is 18.8. The molecule has 0 bridgehead atoms. The minimum atomic E-state index is -0.541. The smallest absolute Gasteiger partial charge is 0.410 e. The topological polar surface area (TPSA) is 108 Å². The molecule has 2 amide bonds. The average molecular weight is 604 g/mol. The molecule has 2 saturated heterocycles. The molecule has 2 fully saturated rings. The number of ether oxygens (including phenoxy) is 3. The van der Waals surface area contributed by atoms with E-state index in [2.05, 4.69) is 16.4 Å². The van der Waals surface area contributed by atoms with Crippen molar-refractivity contribution >= 4 is 40.8 Å². The van der Waals surface area contributed by atoms with Crippen LogP contribution in [0.15, 0.2) is 54.6 Å². The number of pyridine rings is 1. The third kappa shape index (κ3) is 6.08. The van der Waals surface area contributed by atoms with E-state index < -0.39 is 6.04 Å². The molecule has 2 aromatic heterocycles. The number of benzene rings is 1. The van der Waals surface area contributed by atoms with E-state index >= 15 is 0 Å². The van der Waals surface area contributed by atoms with Crippen molar-refractivity contribution in [1.82, 2.24) is 24.8 Å². The van der Waals surface area contributed by atoms with Gasteiger partial charge in [0.25, 0.3) is 0 Å². The minimum absolute atomic E-state index is 0.0792. The first kappa shape index (κ1) is 29.1. The Hall–Kier alpha value is -3.99. The standard InChI is InChI=1S/C32H34ClN5O5/c1-37-19-34-16-27(37)31(36-28(39)18-41-2)26-14-21-4-3-10-35-30(21)29(24-6-5-22(33)15-25(24)26)20-7-11-38(12-8-20)32(40)43-23-9-13-42-17-23/h3-6,10,14-16,19,23,31H,7-9,11-13,17-18H2,1-2H3,(H,36,39). The Balaban J connectivity index is 1.42. The maximum absolute atomic E-state index is 12.9. The van der Waals surface area contributed by atoms with Gasteiger partial charge in [-0.3, -0.25) is 9.78 Å². The van der Waals surface area contributed by atoms with Gasteiger partial charge in [0.15, 0.2) is 0 Å². The molecule has 224 valence electrons. The van der Waals surface area contributed by atoms with Crippen LogP contribution in [0.4, 0.5) is 4.79 Å². The Morgan fingerprint density at radius 3 is 2.77 bits per heavy atom. The largest absolute Gasteiger partial charge is 0.444 e. The van der Waals surface area contributed by atoms with Gasteiger partial charge in [0.2, 0.25) is 5.91 Å². The van der Waals surface area contributed by atoms with Crippen molar-refractivity contribution in [2.24, 2.45) is 7.05 Å². The zero-order chi connectivity index (χ0) is 29.9. The van der Waals surface area contributed by atoms with Gasteiger partial charge in [-0.2, -0.15) is 0 Å². The summed E-state index contributed by atoms with van der Waals surface area (Å²) in [5.41, 5.74) is 7.52. The Morgan fingerprint density at radius 2 is 2.05 bits per heavy atom. The summed E-state index contributed by atoms with van der Waals surface area (Å²) in [6.07, 6.45) is 8.95. The van der Waals surface area contributed by atoms with E-state index in [1.165, 1.54) is 12.7 Å². The average Bonchev–Trinajstić information content (AvgIpc) is 3.65. The van der Waals surface area contributed by atoms with Gasteiger partial charge in [0.05, 0.1) is 43.2 Å². The molecule has 1 aliphatic carbocycles. The van der Waals surface area contributed by atoms with E-state index in [0.29, 0.717) is 44.2 Å². The zero-order valence-electron chi connectivity index (χ0n) is 24.2. The van der Waals surface area contributed by atoms with Gasteiger partial charge in [0, 0.05) is 56.0 Å². The van der Waals surface area contributed by atoms with E-state index in [0.717, 1.165) is 45.6 Å². The van der Waals surface area contributed by atoms with E-state index in [4.69, 9.17) is 30.8 Å². The van der Waals surface area contributed by atoms with Crippen molar-refractivity contribution in [2.45, 2.75) is 31.4 Å². The van der Waals surface area contributed by atoms with Gasteiger partial charge in [-0.05, 0) is 53.8 Å². The molecule has 4 heterocycles. The molecule has 11 heteroatoms. The number of likely N-dealkylation sites (tertiary alicyclic amines) is 1. The lowest BCUT2D eigenvalue weighted by Gasteiger charge is -2.30. The molecule has 2 atom stereocenters. The van der Waals surface area contributed by atoms with Gasteiger partial charge in [0.1, 0.15) is 12.7 Å². The molecule has 0 saturated carbocycles. The number of imidazole rings is 1. The number of rotatable bonds is 6. The Labute approximate surface area is 255 Å². The second-order valence-electron chi connectivity index (χ2n) is 10.9. The number of piperidine rings is 1. The van der Waals surface area contributed by atoms with Gasteiger partial charge in [-0.25, -0.2) is 9.78 Å². The highest BCUT2D eigenvalue weighted by Gasteiger charge is 2.32. The number of hydrogen-bond donors (Lipinski definition) is 1. The van der Waals surface area contributed by atoms with Gasteiger partial charge < -0.3 is 29.0 Å². The van der Waals surface area contributed by atoms with Crippen LogP contribution >= 0.6 is 11.6 Å². The Bertz CT molecular complexity index is 1580. The van der Waals surface area contributed by atoms with Gasteiger partial charge >= 0.3 is 6.09 Å². The summed E-state index contributed by atoms with van der Waals surface area (Å²) >= 11 is 6.63. The van der Waals surface area contributed by atoms with Crippen LogP contribution in [0.1, 0.15) is 53.4 Å². The molecule has 0 spiro atoms. The number of nitrogens with one attached hydrogen (secondary N) is 1. The van der Waals surface area contributed by atoms with E-state index in [-0.39, 0.29) is 24.7 Å². The molecule has 1 N–H and O–H groups in total. The van der Waals surface area contributed by atoms with Crippen molar-refractivity contribution in [1.29, 1.82) is 0 Å².